The van der Waals surface area contributed by atoms with Gasteiger partial charge in [0, 0.05) is 12.6 Å². The number of para-hydroxylation sites is 1. The van der Waals surface area contributed by atoms with Crippen LogP contribution in [0, 0.1) is 0 Å². The van der Waals surface area contributed by atoms with Crippen molar-refractivity contribution in [2.75, 3.05) is 6.54 Å². The third-order valence-corrected chi connectivity index (χ3v) is 5.44. The number of amides is 1. The Morgan fingerprint density at radius 2 is 2.12 bits per heavy atom. The molecule has 4 N–H and O–H groups in total. The second-order valence-electron chi connectivity index (χ2n) is 5.98. The summed E-state index contributed by atoms with van der Waals surface area (Å²) in [6.07, 6.45) is -2.03. The number of rotatable bonds is 6. The molecular formula is C16H19N3O5S. The number of nitrogens with zero attached hydrogens (tertiary/aromatic N) is 2. The quantitative estimate of drug-likeness (QED) is 0.616. The Morgan fingerprint density at radius 1 is 1.36 bits per heavy atom. The summed E-state index contributed by atoms with van der Waals surface area (Å²) in [6, 6.07) is 7.19. The van der Waals surface area contributed by atoms with Gasteiger partial charge in [-0.25, -0.2) is 9.78 Å². The van der Waals surface area contributed by atoms with E-state index in [1.54, 1.807) is 4.90 Å². The van der Waals surface area contributed by atoms with E-state index in [0.29, 0.717) is 18.0 Å². The summed E-state index contributed by atoms with van der Waals surface area (Å²) in [5.41, 5.74) is 0.803. The van der Waals surface area contributed by atoms with Gasteiger partial charge in [-0.05, 0) is 25.0 Å². The van der Waals surface area contributed by atoms with Crippen molar-refractivity contribution in [3.8, 4) is 0 Å². The summed E-state index contributed by atoms with van der Waals surface area (Å²) in [4.78, 5) is 28.3. The first-order valence-electron chi connectivity index (χ1n) is 7.96. The number of carboxylic acids is 1. The van der Waals surface area contributed by atoms with Gasteiger partial charge in [-0.3, -0.25) is 9.69 Å². The lowest BCUT2D eigenvalue weighted by molar-refractivity contribution is -0.139. The van der Waals surface area contributed by atoms with Crippen molar-refractivity contribution >= 4 is 33.6 Å². The molecule has 1 aliphatic rings. The van der Waals surface area contributed by atoms with E-state index >= 15 is 0 Å². The summed E-state index contributed by atoms with van der Waals surface area (Å²) >= 11 is 1.39. The van der Waals surface area contributed by atoms with Crippen molar-refractivity contribution in [3.63, 3.8) is 0 Å². The molecular weight excluding hydrogens is 346 g/mol. The topological polar surface area (TPSA) is 123 Å². The minimum atomic E-state index is -1.29. The van der Waals surface area contributed by atoms with Crippen LogP contribution in [-0.2, 0) is 4.79 Å². The van der Waals surface area contributed by atoms with Crippen molar-refractivity contribution in [1.82, 2.24) is 15.2 Å². The van der Waals surface area contributed by atoms with Gasteiger partial charge in [-0.15, -0.1) is 11.3 Å². The molecule has 0 spiro atoms. The number of benzene rings is 1. The molecule has 134 valence electrons. The number of carbonyl (C=O) groups is 2. The van der Waals surface area contributed by atoms with Crippen molar-refractivity contribution in [2.24, 2.45) is 0 Å². The highest BCUT2D eigenvalue weighted by atomic mass is 32.1. The molecule has 1 saturated heterocycles. The minimum Gasteiger partial charge on any atom is -0.481 e. The Bertz CT molecular complexity index is 731. The third kappa shape index (κ3) is 3.89. The van der Waals surface area contributed by atoms with Crippen molar-refractivity contribution < 1.29 is 24.9 Å². The molecule has 3 rings (SSSR count). The SMILES string of the molecule is O=C(O)C[C@@H](NC(=O)O)N1CCC[C@@H]1C(O)c1nc2ccccc2s1. The van der Waals surface area contributed by atoms with Gasteiger partial charge in [-0.1, -0.05) is 12.1 Å². The zero-order valence-corrected chi connectivity index (χ0v) is 14.1. The first kappa shape index (κ1) is 17.6. The highest BCUT2D eigenvalue weighted by molar-refractivity contribution is 7.18. The zero-order chi connectivity index (χ0) is 18.0. The summed E-state index contributed by atoms with van der Waals surface area (Å²) < 4.78 is 0.965. The lowest BCUT2D eigenvalue weighted by atomic mass is 10.1. The van der Waals surface area contributed by atoms with Gasteiger partial charge in [0.25, 0.3) is 0 Å². The molecule has 8 nitrogen and oxygen atoms in total. The Balaban J connectivity index is 1.83. The largest absolute Gasteiger partial charge is 0.481 e. The van der Waals surface area contributed by atoms with Crippen LogP contribution in [-0.4, -0.2) is 56.0 Å². The van der Waals surface area contributed by atoms with E-state index in [0.717, 1.165) is 16.6 Å². The molecule has 0 radical (unpaired) electrons. The Hall–Kier alpha value is -2.23. The van der Waals surface area contributed by atoms with Crippen molar-refractivity contribution in [3.05, 3.63) is 29.3 Å². The maximum atomic E-state index is 11.1. The van der Waals surface area contributed by atoms with Gasteiger partial charge < -0.3 is 20.6 Å². The first-order chi connectivity index (χ1) is 12.0. The average molecular weight is 365 g/mol. The molecule has 9 heteroatoms. The summed E-state index contributed by atoms with van der Waals surface area (Å²) in [7, 11) is 0. The number of aromatic nitrogens is 1. The number of carboxylic acid groups (broad SMARTS) is 2. The lowest BCUT2D eigenvalue weighted by Crippen LogP contribution is -2.52. The van der Waals surface area contributed by atoms with Crippen LogP contribution in [0.5, 0.6) is 0 Å². The van der Waals surface area contributed by atoms with Crippen LogP contribution in [0.2, 0.25) is 0 Å². The number of thiazole rings is 1. The van der Waals surface area contributed by atoms with Crippen molar-refractivity contribution in [1.29, 1.82) is 0 Å². The number of fused-ring (bicyclic) bond motifs is 1. The van der Waals surface area contributed by atoms with E-state index < -0.39 is 24.3 Å². The molecule has 1 amide bonds. The average Bonchev–Trinajstić information content (AvgIpc) is 3.19. The molecule has 1 unspecified atom stereocenters. The fourth-order valence-electron chi connectivity index (χ4n) is 3.28. The predicted molar refractivity (Wildman–Crippen MR) is 91.5 cm³/mol. The summed E-state index contributed by atoms with van der Waals surface area (Å²) in [5.74, 6) is -1.10. The molecule has 2 heterocycles. The fourth-order valence-corrected chi connectivity index (χ4v) is 4.29. The lowest BCUT2D eigenvalue weighted by Gasteiger charge is -2.33. The molecule has 1 aromatic carbocycles. The Kier molecular flexibility index (Phi) is 5.16. The third-order valence-electron chi connectivity index (χ3n) is 4.33. The molecule has 0 bridgehead atoms. The fraction of sp³-hybridized carbons (Fsp3) is 0.438. The first-order valence-corrected chi connectivity index (χ1v) is 8.78. The van der Waals surface area contributed by atoms with Gasteiger partial charge in [-0.2, -0.15) is 0 Å². The number of aliphatic hydroxyl groups is 1. The van der Waals surface area contributed by atoms with E-state index in [9.17, 15) is 14.7 Å². The second kappa shape index (κ2) is 7.34. The van der Waals surface area contributed by atoms with E-state index in [2.05, 4.69) is 10.3 Å². The standard InChI is InChI=1S/C16H19N3O5S/c20-13(21)8-12(18-16(23)24)19-7-3-5-10(19)14(22)15-17-9-4-1-2-6-11(9)25-15/h1-2,4,6,10,12,14,18,22H,3,5,7-8H2,(H,20,21)(H,23,24)/t10-,12+,14?/m1/s1. The van der Waals surface area contributed by atoms with Crippen molar-refractivity contribution in [2.45, 2.75) is 37.6 Å². The van der Waals surface area contributed by atoms with Gasteiger partial charge in [0.15, 0.2) is 0 Å². The number of hydrogen-bond acceptors (Lipinski definition) is 6. The van der Waals surface area contributed by atoms with Crippen LogP contribution in [0.3, 0.4) is 0 Å². The molecule has 1 aliphatic heterocycles. The van der Waals surface area contributed by atoms with E-state index in [1.165, 1.54) is 11.3 Å². The van der Waals surface area contributed by atoms with E-state index in [-0.39, 0.29) is 12.5 Å². The molecule has 0 saturated carbocycles. The summed E-state index contributed by atoms with van der Waals surface area (Å²) in [6.45, 7) is 0.519. The maximum absolute atomic E-state index is 11.1. The smallest absolute Gasteiger partial charge is 0.405 e. The van der Waals surface area contributed by atoms with Crippen LogP contribution in [0.1, 0.15) is 30.4 Å². The van der Waals surface area contributed by atoms with Crippen LogP contribution in [0.15, 0.2) is 24.3 Å². The van der Waals surface area contributed by atoms with Crippen LogP contribution in [0.4, 0.5) is 4.79 Å². The van der Waals surface area contributed by atoms with Crippen LogP contribution >= 0.6 is 11.3 Å². The predicted octanol–water partition coefficient (Wildman–Crippen LogP) is 1.86. The number of nitrogens with one attached hydrogen (secondary N) is 1. The van der Waals surface area contributed by atoms with Gasteiger partial charge >= 0.3 is 12.1 Å². The van der Waals surface area contributed by atoms with E-state index in [1.807, 2.05) is 24.3 Å². The molecule has 0 aliphatic carbocycles. The monoisotopic (exact) mass is 365 g/mol. The molecule has 25 heavy (non-hydrogen) atoms. The summed E-state index contributed by atoms with van der Waals surface area (Å²) in [5, 5.41) is 31.7. The van der Waals surface area contributed by atoms with Crippen LogP contribution in [0.25, 0.3) is 10.2 Å². The number of aliphatic carboxylic acids is 1. The maximum Gasteiger partial charge on any atom is 0.405 e. The normalized spacial score (nSPS) is 20.4. The number of likely N-dealkylation sites (tertiary alicyclic amines) is 1. The minimum absolute atomic E-state index is 0.366. The second-order valence-corrected chi connectivity index (χ2v) is 7.04. The number of aliphatic hydroxyl groups excluding tert-OH is 1. The zero-order valence-electron chi connectivity index (χ0n) is 13.3. The van der Waals surface area contributed by atoms with E-state index in [4.69, 9.17) is 10.2 Å². The highest BCUT2D eigenvalue weighted by Crippen LogP contribution is 2.34. The van der Waals surface area contributed by atoms with Gasteiger partial charge in [0.2, 0.25) is 0 Å². The Morgan fingerprint density at radius 3 is 2.80 bits per heavy atom. The van der Waals surface area contributed by atoms with Crippen LogP contribution < -0.4 is 5.32 Å². The highest BCUT2D eigenvalue weighted by Gasteiger charge is 2.38. The molecule has 1 aromatic heterocycles. The van der Waals surface area contributed by atoms with Gasteiger partial charge in [0.1, 0.15) is 11.1 Å². The number of hydrogen-bond donors (Lipinski definition) is 4. The van der Waals surface area contributed by atoms with Gasteiger partial charge in [0.05, 0.1) is 22.8 Å². The molecule has 1 fully saturated rings. The molecule has 3 atom stereocenters. The Labute approximate surface area is 147 Å². The molecule has 2 aromatic rings.